The van der Waals surface area contributed by atoms with Gasteiger partial charge in [0.2, 0.25) is 5.91 Å². The maximum absolute atomic E-state index is 12.4. The molecule has 2 aromatic heterocycles. The van der Waals surface area contributed by atoms with Gasteiger partial charge >= 0.3 is 0 Å². The number of amides is 1. The first-order valence-corrected chi connectivity index (χ1v) is 10.6. The number of rotatable bonds is 6. The molecule has 0 saturated carbocycles. The van der Waals surface area contributed by atoms with Gasteiger partial charge in [0.05, 0.1) is 23.0 Å². The fourth-order valence-corrected chi connectivity index (χ4v) is 4.26. The zero-order valence-corrected chi connectivity index (χ0v) is 16.7. The topological polar surface area (TPSA) is 75.9 Å². The van der Waals surface area contributed by atoms with E-state index in [4.69, 9.17) is 0 Å². The third kappa shape index (κ3) is 4.18. The molecule has 1 amide bonds. The molecule has 0 atom stereocenters. The van der Waals surface area contributed by atoms with Gasteiger partial charge in [-0.1, -0.05) is 36.9 Å². The van der Waals surface area contributed by atoms with Crippen LogP contribution in [0.5, 0.6) is 0 Å². The van der Waals surface area contributed by atoms with E-state index in [2.05, 4.69) is 32.2 Å². The number of carbonyl (C=O) groups excluding carboxylic acids is 1. The van der Waals surface area contributed by atoms with Crippen LogP contribution in [0.3, 0.4) is 0 Å². The molecule has 4 rings (SSSR count). The van der Waals surface area contributed by atoms with Crippen LogP contribution in [-0.2, 0) is 4.79 Å². The number of piperidine rings is 1. The lowest BCUT2D eigenvalue weighted by Crippen LogP contribution is -2.45. The van der Waals surface area contributed by atoms with Crippen molar-refractivity contribution in [3.63, 3.8) is 0 Å². The third-order valence-electron chi connectivity index (χ3n) is 5.07. The van der Waals surface area contributed by atoms with Gasteiger partial charge in [0.15, 0.2) is 5.65 Å². The van der Waals surface area contributed by atoms with Crippen molar-refractivity contribution in [2.75, 3.05) is 25.4 Å². The third-order valence-corrected chi connectivity index (χ3v) is 6.08. The van der Waals surface area contributed by atoms with E-state index in [1.807, 2.05) is 30.3 Å². The van der Waals surface area contributed by atoms with Gasteiger partial charge in [-0.3, -0.25) is 4.79 Å². The van der Waals surface area contributed by atoms with Crippen LogP contribution < -0.4 is 5.32 Å². The fraction of sp³-hybridized carbons (Fsp3) is 0.400. The molecule has 0 aliphatic carbocycles. The van der Waals surface area contributed by atoms with Gasteiger partial charge in [0.1, 0.15) is 11.4 Å². The van der Waals surface area contributed by atoms with Gasteiger partial charge < -0.3 is 10.2 Å². The van der Waals surface area contributed by atoms with E-state index in [1.165, 1.54) is 18.1 Å². The van der Waals surface area contributed by atoms with Gasteiger partial charge in [-0.2, -0.15) is 5.10 Å². The second-order valence-electron chi connectivity index (χ2n) is 6.87. The molecule has 1 aliphatic rings. The summed E-state index contributed by atoms with van der Waals surface area (Å²) in [5, 5.41) is 9.26. The zero-order chi connectivity index (χ0) is 19.3. The number of nitrogens with zero attached hydrogens (tertiary/aromatic N) is 5. The molecule has 28 heavy (non-hydrogen) atoms. The highest BCUT2D eigenvalue weighted by molar-refractivity contribution is 8.00. The van der Waals surface area contributed by atoms with Gasteiger partial charge in [0.25, 0.3) is 0 Å². The number of aromatic nitrogens is 4. The first kappa shape index (κ1) is 18.9. The minimum Gasteiger partial charge on any atom is -0.353 e. The lowest BCUT2D eigenvalue weighted by Gasteiger charge is -2.31. The summed E-state index contributed by atoms with van der Waals surface area (Å²) < 4.78 is 1.79. The van der Waals surface area contributed by atoms with E-state index >= 15 is 0 Å². The van der Waals surface area contributed by atoms with Gasteiger partial charge in [-0.15, -0.1) is 0 Å². The van der Waals surface area contributed by atoms with Crippen LogP contribution in [0.2, 0.25) is 0 Å². The summed E-state index contributed by atoms with van der Waals surface area (Å²) >= 11 is 1.43. The molecule has 1 aliphatic heterocycles. The summed E-state index contributed by atoms with van der Waals surface area (Å²) in [6.45, 7) is 5.37. The lowest BCUT2D eigenvalue weighted by molar-refractivity contribution is -0.119. The van der Waals surface area contributed by atoms with Crippen LogP contribution in [-0.4, -0.2) is 62.0 Å². The highest BCUT2D eigenvalue weighted by Crippen LogP contribution is 2.25. The molecule has 7 nitrogen and oxygen atoms in total. The average Bonchev–Trinajstić information content (AvgIpc) is 3.18. The predicted molar refractivity (Wildman–Crippen MR) is 111 cm³/mol. The first-order valence-electron chi connectivity index (χ1n) is 9.63. The predicted octanol–water partition coefficient (Wildman–Crippen LogP) is 2.51. The van der Waals surface area contributed by atoms with E-state index in [0.29, 0.717) is 5.75 Å². The summed E-state index contributed by atoms with van der Waals surface area (Å²) in [6, 6.07) is 10.2. The van der Waals surface area contributed by atoms with E-state index in [9.17, 15) is 4.79 Å². The first-order chi connectivity index (χ1) is 13.7. The molecule has 0 unspecified atom stereocenters. The van der Waals surface area contributed by atoms with E-state index in [-0.39, 0.29) is 11.9 Å². The number of thioether (sulfide) groups is 1. The zero-order valence-electron chi connectivity index (χ0n) is 15.9. The van der Waals surface area contributed by atoms with Crippen molar-refractivity contribution in [1.29, 1.82) is 0 Å². The molecule has 3 heterocycles. The largest absolute Gasteiger partial charge is 0.353 e. The normalized spacial score (nSPS) is 15.8. The standard InChI is InChI=1S/C20H24N6OS/c1-2-25-10-8-15(9-11-25)24-18(27)13-28-20-17-12-23-26(19(17)21-14-22-20)16-6-4-3-5-7-16/h3-7,12,14-15H,2,8-11,13H2,1H3,(H,24,27). The second-order valence-corrected chi connectivity index (χ2v) is 7.84. The number of hydrogen-bond acceptors (Lipinski definition) is 6. The Hall–Kier alpha value is -2.45. The summed E-state index contributed by atoms with van der Waals surface area (Å²) in [6.07, 6.45) is 5.34. The Morgan fingerprint density at radius 3 is 2.75 bits per heavy atom. The van der Waals surface area contributed by atoms with Crippen LogP contribution in [0.15, 0.2) is 47.9 Å². The molecule has 8 heteroatoms. The van der Waals surface area contributed by atoms with Crippen LogP contribution in [0.4, 0.5) is 0 Å². The molecule has 0 bridgehead atoms. The maximum Gasteiger partial charge on any atom is 0.230 e. The number of para-hydroxylation sites is 1. The Morgan fingerprint density at radius 1 is 1.21 bits per heavy atom. The summed E-state index contributed by atoms with van der Waals surface area (Å²) in [4.78, 5) is 23.6. The number of nitrogens with one attached hydrogen (secondary N) is 1. The number of hydrogen-bond donors (Lipinski definition) is 1. The quantitative estimate of drug-likeness (QED) is 0.510. The highest BCUT2D eigenvalue weighted by atomic mass is 32.2. The SMILES string of the molecule is CCN1CCC(NC(=O)CSc2ncnc3c2cnn3-c2ccccc2)CC1. The Bertz CT molecular complexity index is 936. The molecule has 1 N–H and O–H groups in total. The number of fused-ring (bicyclic) bond motifs is 1. The van der Waals surface area contributed by atoms with Crippen molar-refractivity contribution in [3.8, 4) is 5.69 Å². The summed E-state index contributed by atoms with van der Waals surface area (Å²) in [7, 11) is 0. The van der Waals surface area contributed by atoms with Crippen LogP contribution in [0, 0.1) is 0 Å². The van der Waals surface area contributed by atoms with E-state index < -0.39 is 0 Å². The van der Waals surface area contributed by atoms with E-state index in [0.717, 1.165) is 54.2 Å². The van der Waals surface area contributed by atoms with Crippen molar-refractivity contribution in [1.82, 2.24) is 30.0 Å². The number of likely N-dealkylation sites (tertiary alicyclic amines) is 1. The molecule has 3 aromatic rings. The maximum atomic E-state index is 12.4. The van der Waals surface area contributed by atoms with Crippen molar-refractivity contribution < 1.29 is 4.79 Å². The molecule has 1 fully saturated rings. The van der Waals surface area contributed by atoms with Gasteiger partial charge in [-0.25, -0.2) is 14.6 Å². The molecule has 1 aromatic carbocycles. The average molecular weight is 397 g/mol. The fourth-order valence-electron chi connectivity index (χ4n) is 3.49. The minimum atomic E-state index is 0.0576. The summed E-state index contributed by atoms with van der Waals surface area (Å²) in [5.41, 5.74) is 1.69. The lowest BCUT2D eigenvalue weighted by atomic mass is 10.1. The van der Waals surface area contributed by atoms with Crippen molar-refractivity contribution in [3.05, 3.63) is 42.9 Å². The van der Waals surface area contributed by atoms with Crippen LogP contribution >= 0.6 is 11.8 Å². The molecular formula is C20H24N6OS. The van der Waals surface area contributed by atoms with Gasteiger partial charge in [-0.05, 0) is 31.5 Å². The molecule has 1 saturated heterocycles. The second kappa shape index (κ2) is 8.70. The molecule has 146 valence electrons. The Kier molecular flexibility index (Phi) is 5.87. The number of benzene rings is 1. The van der Waals surface area contributed by atoms with Crippen LogP contribution in [0.1, 0.15) is 19.8 Å². The van der Waals surface area contributed by atoms with Crippen molar-refractivity contribution in [2.24, 2.45) is 0 Å². The molecule has 0 spiro atoms. The highest BCUT2D eigenvalue weighted by Gasteiger charge is 2.20. The molecule has 0 radical (unpaired) electrons. The number of carbonyl (C=O) groups is 1. The minimum absolute atomic E-state index is 0.0576. The van der Waals surface area contributed by atoms with E-state index in [1.54, 1.807) is 10.9 Å². The van der Waals surface area contributed by atoms with Crippen molar-refractivity contribution >= 4 is 28.7 Å². The Labute approximate surface area is 168 Å². The van der Waals surface area contributed by atoms with Gasteiger partial charge in [0, 0.05) is 19.1 Å². The monoisotopic (exact) mass is 396 g/mol. The summed E-state index contributed by atoms with van der Waals surface area (Å²) in [5.74, 6) is 0.401. The molecular weight excluding hydrogens is 372 g/mol. The Morgan fingerprint density at radius 2 is 2.00 bits per heavy atom. The van der Waals surface area contributed by atoms with Crippen LogP contribution in [0.25, 0.3) is 16.7 Å². The Balaban J connectivity index is 1.40. The smallest absolute Gasteiger partial charge is 0.230 e. The van der Waals surface area contributed by atoms with Crippen molar-refractivity contribution in [2.45, 2.75) is 30.8 Å².